The third-order valence-electron chi connectivity index (χ3n) is 14.0. The number of phosphoric acid groups is 2. The Hall–Kier alpha value is -1.94. The van der Waals surface area contributed by atoms with Crippen LogP contribution in [0.1, 0.15) is 298 Å². The molecular weight excluding hydrogens is 1070 g/mol. The fraction of sp³-hybridized carbons (Fsp3) is 0.934. The van der Waals surface area contributed by atoms with Gasteiger partial charge >= 0.3 is 39.5 Å². The van der Waals surface area contributed by atoms with Crippen LogP contribution in [-0.2, 0) is 65.4 Å². The molecule has 2 unspecified atom stereocenters. The van der Waals surface area contributed by atoms with Crippen molar-refractivity contribution < 1.29 is 80.2 Å². The third kappa shape index (κ3) is 55.3. The fourth-order valence-electron chi connectivity index (χ4n) is 9.00. The molecule has 0 aromatic carbocycles. The van der Waals surface area contributed by atoms with Crippen LogP contribution in [0.3, 0.4) is 0 Å². The van der Waals surface area contributed by atoms with E-state index < -0.39 is 97.5 Å². The number of ether oxygens (including phenoxy) is 4. The third-order valence-corrected chi connectivity index (χ3v) is 15.9. The highest BCUT2D eigenvalue weighted by Crippen LogP contribution is 2.45. The maximum atomic E-state index is 12.9. The molecule has 0 fully saturated rings. The molecule has 0 aromatic rings. The Kier molecular flexibility index (Phi) is 52.5. The predicted octanol–water partition coefficient (Wildman–Crippen LogP) is 16.5. The van der Waals surface area contributed by atoms with E-state index in [0.29, 0.717) is 25.7 Å². The van der Waals surface area contributed by atoms with Gasteiger partial charge in [0.2, 0.25) is 0 Å². The lowest BCUT2D eigenvalue weighted by Crippen LogP contribution is -2.30. The number of esters is 4. The number of rotatable bonds is 60. The summed E-state index contributed by atoms with van der Waals surface area (Å²) < 4.78 is 67.7. The molecule has 17 nitrogen and oxygen atoms in total. The van der Waals surface area contributed by atoms with E-state index in [1.807, 2.05) is 0 Å². The minimum atomic E-state index is -4.94. The summed E-state index contributed by atoms with van der Waals surface area (Å²) in [4.78, 5) is 71.8. The summed E-state index contributed by atoms with van der Waals surface area (Å²) >= 11 is 0. The van der Waals surface area contributed by atoms with Crippen LogP contribution in [0.4, 0.5) is 0 Å². The van der Waals surface area contributed by atoms with E-state index >= 15 is 0 Å². The number of aliphatic hydroxyl groups excluding tert-OH is 1. The molecule has 474 valence electrons. The van der Waals surface area contributed by atoms with Crippen molar-refractivity contribution in [1.82, 2.24) is 0 Å². The summed E-state index contributed by atoms with van der Waals surface area (Å²) in [6.07, 6.45) is 35.1. The number of phosphoric ester groups is 2. The quantitative estimate of drug-likeness (QED) is 0.0222. The van der Waals surface area contributed by atoms with Gasteiger partial charge in [0.05, 0.1) is 26.4 Å². The van der Waals surface area contributed by atoms with E-state index in [0.717, 1.165) is 108 Å². The highest BCUT2D eigenvalue weighted by Gasteiger charge is 2.30. The molecule has 0 saturated carbocycles. The first-order chi connectivity index (χ1) is 38.4. The summed E-state index contributed by atoms with van der Waals surface area (Å²) in [5, 5.41) is 10.5. The van der Waals surface area contributed by atoms with Gasteiger partial charge in [-0.05, 0) is 37.5 Å². The zero-order valence-electron chi connectivity index (χ0n) is 51.4. The van der Waals surface area contributed by atoms with Crippen LogP contribution in [0.25, 0.3) is 0 Å². The monoisotopic (exact) mass is 1180 g/mol. The number of aliphatic hydroxyl groups is 1. The molecule has 0 aliphatic heterocycles. The van der Waals surface area contributed by atoms with E-state index in [4.69, 9.17) is 37.0 Å². The van der Waals surface area contributed by atoms with Crippen LogP contribution >= 0.6 is 15.6 Å². The molecule has 0 heterocycles. The molecule has 0 amide bonds. The molecule has 5 atom stereocenters. The second-order valence-electron chi connectivity index (χ2n) is 23.0. The Bertz CT molecular complexity index is 1580. The second kappa shape index (κ2) is 53.8. The topological polar surface area (TPSA) is 237 Å². The van der Waals surface area contributed by atoms with Crippen molar-refractivity contribution in [3.8, 4) is 0 Å². The molecule has 19 heteroatoms. The first-order valence-electron chi connectivity index (χ1n) is 32.0. The lowest BCUT2D eigenvalue weighted by molar-refractivity contribution is -0.161. The molecule has 0 aliphatic carbocycles. The number of carbonyl (C=O) groups excluding carboxylic acids is 4. The molecule has 0 aliphatic rings. The molecule has 0 rings (SSSR count). The first-order valence-corrected chi connectivity index (χ1v) is 35.0. The average molecular weight is 1190 g/mol. The van der Waals surface area contributed by atoms with Crippen LogP contribution in [0.2, 0.25) is 0 Å². The molecular formula is C61H118O17P2. The molecule has 0 spiro atoms. The van der Waals surface area contributed by atoms with Crippen molar-refractivity contribution in [2.24, 2.45) is 11.8 Å². The SMILES string of the molecule is CCCCCCCCCCCCC(=O)O[C@H](COC(=O)CCCCCCC)COP(=O)(O)OC[C@H](O)COP(=O)(O)OC[C@@H](COC(=O)CCCCCCCCCCCC(C)C)OC(=O)CCCCCCCCCCCCC(C)C. The van der Waals surface area contributed by atoms with Crippen LogP contribution in [0.5, 0.6) is 0 Å². The number of unbranched alkanes of at least 4 members (excludes halogenated alkanes) is 30. The summed E-state index contributed by atoms with van der Waals surface area (Å²) in [6.45, 7) is 9.35. The van der Waals surface area contributed by atoms with Crippen LogP contribution in [0.15, 0.2) is 0 Å². The van der Waals surface area contributed by atoms with Gasteiger partial charge in [0, 0.05) is 25.7 Å². The minimum Gasteiger partial charge on any atom is -0.462 e. The van der Waals surface area contributed by atoms with Crippen LogP contribution < -0.4 is 0 Å². The second-order valence-corrected chi connectivity index (χ2v) is 25.9. The van der Waals surface area contributed by atoms with E-state index in [-0.39, 0.29) is 25.7 Å². The highest BCUT2D eigenvalue weighted by molar-refractivity contribution is 7.47. The molecule has 0 radical (unpaired) electrons. The van der Waals surface area contributed by atoms with Gasteiger partial charge in [0.25, 0.3) is 0 Å². The Morgan fingerprint density at radius 2 is 0.575 bits per heavy atom. The van der Waals surface area contributed by atoms with Crippen LogP contribution in [0, 0.1) is 11.8 Å². The van der Waals surface area contributed by atoms with E-state index in [9.17, 15) is 43.2 Å². The van der Waals surface area contributed by atoms with E-state index in [2.05, 4.69) is 41.5 Å². The summed E-state index contributed by atoms with van der Waals surface area (Å²) in [7, 11) is -9.87. The van der Waals surface area contributed by atoms with Crippen LogP contribution in [-0.4, -0.2) is 96.7 Å². The lowest BCUT2D eigenvalue weighted by Gasteiger charge is -2.21. The van der Waals surface area contributed by atoms with Gasteiger partial charge in [-0.1, -0.05) is 247 Å². The molecule has 80 heavy (non-hydrogen) atoms. The highest BCUT2D eigenvalue weighted by atomic mass is 31.2. The van der Waals surface area contributed by atoms with Crippen molar-refractivity contribution in [1.29, 1.82) is 0 Å². The Labute approximate surface area is 486 Å². The van der Waals surface area contributed by atoms with Gasteiger partial charge in [0.1, 0.15) is 19.3 Å². The van der Waals surface area contributed by atoms with Gasteiger partial charge in [-0.3, -0.25) is 37.3 Å². The summed E-state index contributed by atoms with van der Waals surface area (Å²) in [6, 6.07) is 0. The van der Waals surface area contributed by atoms with Crippen molar-refractivity contribution in [3.05, 3.63) is 0 Å². The van der Waals surface area contributed by atoms with Gasteiger partial charge in [-0.15, -0.1) is 0 Å². The Balaban J connectivity index is 5.19. The normalized spacial score (nSPS) is 14.4. The van der Waals surface area contributed by atoms with Crippen molar-refractivity contribution in [2.75, 3.05) is 39.6 Å². The molecule has 0 bridgehead atoms. The van der Waals surface area contributed by atoms with E-state index in [1.54, 1.807) is 0 Å². The number of carbonyl (C=O) groups is 4. The van der Waals surface area contributed by atoms with Gasteiger partial charge in [0.15, 0.2) is 12.2 Å². The lowest BCUT2D eigenvalue weighted by atomic mass is 10.0. The van der Waals surface area contributed by atoms with Gasteiger partial charge in [-0.2, -0.15) is 0 Å². The first kappa shape index (κ1) is 78.1. The van der Waals surface area contributed by atoms with Gasteiger partial charge in [-0.25, -0.2) is 9.13 Å². The zero-order valence-corrected chi connectivity index (χ0v) is 53.2. The Morgan fingerprint density at radius 1 is 0.338 bits per heavy atom. The smallest absolute Gasteiger partial charge is 0.462 e. The Morgan fingerprint density at radius 3 is 0.850 bits per heavy atom. The maximum Gasteiger partial charge on any atom is 0.472 e. The molecule has 3 N–H and O–H groups in total. The number of hydrogen-bond acceptors (Lipinski definition) is 15. The van der Waals surface area contributed by atoms with E-state index in [1.165, 1.54) is 109 Å². The zero-order chi connectivity index (χ0) is 59.4. The fourth-order valence-corrected chi connectivity index (χ4v) is 10.6. The summed E-state index contributed by atoms with van der Waals surface area (Å²) in [5.41, 5.74) is 0. The predicted molar refractivity (Wildman–Crippen MR) is 317 cm³/mol. The summed E-state index contributed by atoms with van der Waals surface area (Å²) in [5.74, 6) is -0.653. The van der Waals surface area contributed by atoms with Crippen molar-refractivity contribution in [2.45, 2.75) is 317 Å². The average Bonchev–Trinajstić information content (AvgIpc) is 3.41. The molecule has 0 saturated heterocycles. The largest absolute Gasteiger partial charge is 0.472 e. The standard InChI is InChI=1S/C61H118O17P2/c1-7-9-11-13-14-15-21-27-33-39-45-60(65)77-56(49-71-58(63)43-37-29-12-10-8-2)51-75-79(67,68)73-47-55(62)48-74-80(69,70)76-52-57(50-72-59(64)44-38-32-26-23-18-20-25-31-36-42-54(5)6)78-61(66)46-40-34-28-22-17-16-19-24-30-35-41-53(3)4/h53-57,62H,7-52H2,1-6H3,(H,67,68)(H,69,70)/t55-,56+,57+/m0/s1. The number of hydrogen-bond donors (Lipinski definition) is 3. The molecule has 0 aromatic heterocycles. The minimum absolute atomic E-state index is 0.105. The maximum absolute atomic E-state index is 12.9. The van der Waals surface area contributed by atoms with Crippen molar-refractivity contribution in [3.63, 3.8) is 0 Å². The van der Waals surface area contributed by atoms with Gasteiger partial charge < -0.3 is 33.8 Å². The van der Waals surface area contributed by atoms with Crippen molar-refractivity contribution >= 4 is 39.5 Å².